The first kappa shape index (κ1) is 20.6. The third kappa shape index (κ3) is 4.14. The van der Waals surface area contributed by atoms with Crippen molar-refractivity contribution in [3.05, 3.63) is 35.3 Å². The summed E-state index contributed by atoms with van der Waals surface area (Å²) < 4.78 is 44.4. The molecule has 0 spiro atoms. The average Bonchev–Trinajstić information content (AvgIpc) is 3.42. The Hall–Kier alpha value is -2.62. The molecule has 1 aromatic heterocycles. The van der Waals surface area contributed by atoms with Crippen LogP contribution in [-0.2, 0) is 21.0 Å². The molecule has 2 aliphatic rings. The zero-order valence-electron chi connectivity index (χ0n) is 16.7. The van der Waals surface area contributed by atoms with Gasteiger partial charge < -0.3 is 15.4 Å². The van der Waals surface area contributed by atoms with Crippen LogP contribution < -0.4 is 10.6 Å². The highest BCUT2D eigenvalue weighted by Crippen LogP contribution is 2.37. The van der Waals surface area contributed by atoms with Crippen molar-refractivity contribution in [2.75, 3.05) is 17.6 Å². The number of carbonyl (C=O) groups is 1. The van der Waals surface area contributed by atoms with Crippen molar-refractivity contribution >= 4 is 27.4 Å². The number of aryl methyl sites for hydroxylation is 1. The van der Waals surface area contributed by atoms with Crippen LogP contribution in [-0.4, -0.2) is 43.1 Å². The Labute approximate surface area is 174 Å². The Morgan fingerprint density at radius 3 is 3.00 bits per heavy atom. The number of sulfone groups is 1. The van der Waals surface area contributed by atoms with Crippen LogP contribution in [0.3, 0.4) is 0 Å². The molecule has 30 heavy (non-hydrogen) atoms. The summed E-state index contributed by atoms with van der Waals surface area (Å²) in [5.74, 6) is -0.259. The number of H-pyrrole nitrogens is 1. The summed E-state index contributed by atoms with van der Waals surface area (Å²) in [5, 5.41) is 12.7. The van der Waals surface area contributed by atoms with Gasteiger partial charge in [-0.15, -0.1) is 0 Å². The second-order valence-corrected chi connectivity index (χ2v) is 9.83. The molecular weight excluding hydrogens is 411 g/mol. The van der Waals surface area contributed by atoms with E-state index in [0.29, 0.717) is 30.8 Å². The minimum atomic E-state index is -3.57. The van der Waals surface area contributed by atoms with Crippen molar-refractivity contribution in [3.63, 3.8) is 0 Å². The molecule has 1 aromatic carbocycles. The number of rotatable bonds is 6. The molecule has 2 unspecified atom stereocenters. The first-order valence-electron chi connectivity index (χ1n) is 10.2. The molecule has 3 N–H and O–H groups in total. The van der Waals surface area contributed by atoms with E-state index in [0.717, 1.165) is 25.0 Å². The Balaban J connectivity index is 1.41. The van der Waals surface area contributed by atoms with Crippen molar-refractivity contribution in [2.24, 2.45) is 0 Å². The van der Waals surface area contributed by atoms with Crippen LogP contribution in [0.4, 0.5) is 20.7 Å². The highest BCUT2D eigenvalue weighted by molar-refractivity contribution is 7.91. The summed E-state index contributed by atoms with van der Waals surface area (Å²) in [6.45, 7) is 2.56. The molecule has 1 aliphatic heterocycles. The number of hydrogen-bond donors (Lipinski definition) is 3. The van der Waals surface area contributed by atoms with Gasteiger partial charge in [-0.05, 0) is 43.7 Å². The standard InChI is InChI=1S/C20H25FN4O4S/c1-2-8-22-20(26)29-14-5-3-13(10-14)16-11-17(25-24-16)23-15-6-4-12-7-9-30(27,28)19(12)18(15)21/h4,6,11,13-14H,2-3,5,7-10H2,1H3,(H,22,26)(H2,23,24,25). The average molecular weight is 437 g/mol. The molecule has 1 amide bonds. The summed E-state index contributed by atoms with van der Waals surface area (Å²) in [6.07, 6.45) is 2.95. The molecule has 0 bridgehead atoms. The van der Waals surface area contributed by atoms with E-state index in [1.54, 1.807) is 12.1 Å². The van der Waals surface area contributed by atoms with E-state index in [-0.39, 0.29) is 28.4 Å². The number of hydrogen-bond acceptors (Lipinski definition) is 6. The number of carbonyl (C=O) groups excluding carboxylic acids is 1. The number of anilines is 2. The van der Waals surface area contributed by atoms with Crippen LogP contribution in [0.1, 0.15) is 49.8 Å². The van der Waals surface area contributed by atoms with Gasteiger partial charge in [0, 0.05) is 24.2 Å². The number of benzene rings is 1. The minimum absolute atomic E-state index is 0.0589. The number of alkyl carbamates (subject to hydrolysis) is 1. The van der Waals surface area contributed by atoms with Crippen molar-refractivity contribution in [2.45, 2.75) is 55.9 Å². The monoisotopic (exact) mass is 436 g/mol. The fourth-order valence-electron chi connectivity index (χ4n) is 4.07. The molecule has 1 fully saturated rings. The smallest absolute Gasteiger partial charge is 0.407 e. The van der Waals surface area contributed by atoms with E-state index in [2.05, 4.69) is 20.8 Å². The number of aromatic amines is 1. The number of ether oxygens (including phenoxy) is 1. The van der Waals surface area contributed by atoms with E-state index >= 15 is 0 Å². The lowest BCUT2D eigenvalue weighted by Gasteiger charge is -2.12. The predicted octanol–water partition coefficient (Wildman–Crippen LogP) is 3.39. The lowest BCUT2D eigenvalue weighted by atomic mass is 10.0. The summed E-state index contributed by atoms with van der Waals surface area (Å²) >= 11 is 0. The Morgan fingerprint density at radius 1 is 1.37 bits per heavy atom. The summed E-state index contributed by atoms with van der Waals surface area (Å²) in [7, 11) is -3.57. The Morgan fingerprint density at radius 2 is 2.20 bits per heavy atom. The topological polar surface area (TPSA) is 113 Å². The second-order valence-electron chi connectivity index (χ2n) is 7.78. The molecule has 2 heterocycles. The highest BCUT2D eigenvalue weighted by atomic mass is 32.2. The summed E-state index contributed by atoms with van der Waals surface area (Å²) in [4.78, 5) is 11.5. The van der Waals surface area contributed by atoms with Crippen molar-refractivity contribution in [1.82, 2.24) is 15.5 Å². The van der Waals surface area contributed by atoms with Crippen LogP contribution in [0.5, 0.6) is 0 Å². The Bertz CT molecular complexity index is 1050. The lowest BCUT2D eigenvalue weighted by Crippen LogP contribution is -2.28. The van der Waals surface area contributed by atoms with Crippen LogP contribution in [0.25, 0.3) is 0 Å². The first-order chi connectivity index (χ1) is 14.4. The summed E-state index contributed by atoms with van der Waals surface area (Å²) in [6, 6.07) is 4.96. The van der Waals surface area contributed by atoms with Gasteiger partial charge in [0.2, 0.25) is 0 Å². The molecule has 0 saturated heterocycles. The van der Waals surface area contributed by atoms with E-state index in [1.165, 1.54) is 6.07 Å². The van der Waals surface area contributed by atoms with E-state index < -0.39 is 21.7 Å². The van der Waals surface area contributed by atoms with Crippen LogP contribution in [0, 0.1) is 5.82 Å². The van der Waals surface area contributed by atoms with Crippen molar-refractivity contribution < 1.29 is 22.3 Å². The third-order valence-electron chi connectivity index (χ3n) is 5.61. The maximum atomic E-state index is 14.8. The molecule has 2 aromatic rings. The van der Waals surface area contributed by atoms with E-state index in [1.807, 2.05) is 6.92 Å². The van der Waals surface area contributed by atoms with Gasteiger partial charge in [-0.1, -0.05) is 13.0 Å². The fraction of sp³-hybridized carbons (Fsp3) is 0.500. The molecule has 162 valence electrons. The predicted molar refractivity (Wildman–Crippen MR) is 109 cm³/mol. The molecule has 2 atom stereocenters. The fourth-order valence-corrected chi connectivity index (χ4v) is 5.71. The SMILES string of the molecule is CCCNC(=O)OC1CCC(c2cc(Nc3ccc4c(c3F)S(=O)(=O)CC4)n[nH]2)C1. The number of amides is 1. The second kappa shape index (κ2) is 8.25. The number of nitrogens with zero attached hydrogens (tertiary/aromatic N) is 1. The molecule has 0 radical (unpaired) electrons. The van der Waals surface area contributed by atoms with Gasteiger partial charge in [-0.2, -0.15) is 5.10 Å². The van der Waals surface area contributed by atoms with Gasteiger partial charge in [0.15, 0.2) is 21.5 Å². The number of nitrogens with one attached hydrogen (secondary N) is 3. The minimum Gasteiger partial charge on any atom is -0.446 e. The normalized spacial score (nSPS) is 21.9. The van der Waals surface area contributed by atoms with Gasteiger partial charge in [0.1, 0.15) is 11.0 Å². The van der Waals surface area contributed by atoms with Crippen LogP contribution in [0.2, 0.25) is 0 Å². The number of halogens is 1. The largest absolute Gasteiger partial charge is 0.446 e. The van der Waals surface area contributed by atoms with Crippen LogP contribution >= 0.6 is 0 Å². The first-order valence-corrected chi connectivity index (χ1v) is 11.8. The molecule has 1 aliphatic carbocycles. The van der Waals surface area contributed by atoms with Crippen LogP contribution in [0.15, 0.2) is 23.1 Å². The zero-order valence-corrected chi connectivity index (χ0v) is 17.5. The maximum absolute atomic E-state index is 14.8. The van der Waals surface area contributed by atoms with E-state index in [4.69, 9.17) is 4.74 Å². The van der Waals surface area contributed by atoms with Gasteiger partial charge in [0.05, 0.1) is 11.4 Å². The summed E-state index contributed by atoms with van der Waals surface area (Å²) in [5.41, 5.74) is 1.46. The Kier molecular flexibility index (Phi) is 5.68. The molecule has 4 rings (SSSR count). The van der Waals surface area contributed by atoms with Gasteiger partial charge >= 0.3 is 6.09 Å². The quantitative estimate of drug-likeness (QED) is 0.640. The lowest BCUT2D eigenvalue weighted by molar-refractivity contribution is 0.100. The van der Waals surface area contributed by atoms with Gasteiger partial charge in [-0.25, -0.2) is 17.6 Å². The van der Waals surface area contributed by atoms with Gasteiger partial charge in [-0.3, -0.25) is 5.10 Å². The maximum Gasteiger partial charge on any atom is 0.407 e. The third-order valence-corrected chi connectivity index (χ3v) is 7.41. The van der Waals surface area contributed by atoms with Crippen molar-refractivity contribution in [3.8, 4) is 0 Å². The highest BCUT2D eigenvalue weighted by Gasteiger charge is 2.32. The number of fused-ring (bicyclic) bond motifs is 1. The van der Waals surface area contributed by atoms with E-state index in [9.17, 15) is 17.6 Å². The molecule has 10 heteroatoms. The molecular formula is C20H25FN4O4S. The zero-order chi connectivity index (χ0) is 21.3. The van der Waals surface area contributed by atoms with Crippen molar-refractivity contribution in [1.29, 1.82) is 0 Å². The molecule has 1 saturated carbocycles. The van der Waals surface area contributed by atoms with Gasteiger partial charge in [0.25, 0.3) is 0 Å². The molecule has 8 nitrogen and oxygen atoms in total. The number of aromatic nitrogens is 2.